The lowest BCUT2D eigenvalue weighted by Gasteiger charge is -2.26. The van der Waals surface area contributed by atoms with Crippen LogP contribution in [0.1, 0.15) is 25.0 Å². The fraction of sp³-hybridized carbons (Fsp3) is 0.571. The summed E-state index contributed by atoms with van der Waals surface area (Å²) < 4.78 is 13.2. The zero-order valence-corrected chi connectivity index (χ0v) is 11.2. The summed E-state index contributed by atoms with van der Waals surface area (Å²) >= 11 is 0. The molecule has 0 saturated heterocycles. The second-order valence-electron chi connectivity index (χ2n) is 5.32. The second kappa shape index (κ2) is 6.27. The molecule has 0 bridgehead atoms. The smallest absolute Gasteiger partial charge is 0.126 e. The number of aliphatic hydroxyl groups excluding tert-OH is 2. The third kappa shape index (κ3) is 4.05. The van der Waals surface area contributed by atoms with E-state index in [4.69, 9.17) is 5.11 Å². The summed E-state index contributed by atoms with van der Waals surface area (Å²) in [6.07, 6.45) is -0.740. The van der Waals surface area contributed by atoms with Crippen LogP contribution in [-0.2, 0) is 5.41 Å². The van der Waals surface area contributed by atoms with Gasteiger partial charge < -0.3 is 15.5 Å². The van der Waals surface area contributed by atoms with Gasteiger partial charge in [0.25, 0.3) is 0 Å². The number of aliphatic hydroxyl groups is 2. The molecule has 1 unspecified atom stereocenters. The average Bonchev–Trinajstić information content (AvgIpc) is 2.32. The van der Waals surface area contributed by atoms with Crippen molar-refractivity contribution in [3.05, 3.63) is 35.1 Å². The molecule has 3 nitrogen and oxygen atoms in total. The molecule has 1 atom stereocenters. The maximum atomic E-state index is 13.2. The van der Waals surface area contributed by atoms with Gasteiger partial charge in [0.2, 0.25) is 0 Å². The summed E-state index contributed by atoms with van der Waals surface area (Å²) in [5, 5.41) is 21.1. The predicted molar refractivity (Wildman–Crippen MR) is 70.1 cm³/mol. The molecule has 0 aromatic heterocycles. The Bertz CT molecular complexity index is 393. The Balaban J connectivity index is 2.64. The molecule has 0 fully saturated rings. The number of benzene rings is 1. The quantitative estimate of drug-likeness (QED) is 0.719. The molecule has 0 aliphatic heterocycles. The van der Waals surface area contributed by atoms with Gasteiger partial charge in [-0.25, -0.2) is 4.39 Å². The highest BCUT2D eigenvalue weighted by Gasteiger charge is 2.21. The Hall–Kier alpha value is -0.970. The summed E-state index contributed by atoms with van der Waals surface area (Å²) in [5.41, 5.74) is 1.52. The van der Waals surface area contributed by atoms with Crippen molar-refractivity contribution >= 4 is 0 Å². The van der Waals surface area contributed by atoms with E-state index in [9.17, 15) is 9.50 Å². The minimum atomic E-state index is -0.740. The monoisotopic (exact) mass is 255 g/mol. The zero-order chi connectivity index (χ0) is 13.8. The SMILES string of the molecule is Cc1cc(C(C)(C)CNCC(O)CO)ccc1F. The highest BCUT2D eigenvalue weighted by molar-refractivity contribution is 5.29. The Morgan fingerprint density at radius 2 is 2.06 bits per heavy atom. The van der Waals surface area contributed by atoms with Gasteiger partial charge in [-0.2, -0.15) is 0 Å². The van der Waals surface area contributed by atoms with Crippen LogP contribution in [0.15, 0.2) is 18.2 Å². The van der Waals surface area contributed by atoms with Crippen molar-refractivity contribution in [2.45, 2.75) is 32.3 Å². The van der Waals surface area contributed by atoms with E-state index in [1.807, 2.05) is 6.07 Å². The number of hydrogen-bond donors (Lipinski definition) is 3. The van der Waals surface area contributed by atoms with Crippen molar-refractivity contribution < 1.29 is 14.6 Å². The maximum Gasteiger partial charge on any atom is 0.126 e. The molecule has 0 aliphatic rings. The van der Waals surface area contributed by atoms with Crippen molar-refractivity contribution in [3.63, 3.8) is 0 Å². The normalized spacial score (nSPS) is 13.7. The van der Waals surface area contributed by atoms with E-state index in [-0.39, 0.29) is 17.8 Å². The molecule has 0 aliphatic carbocycles. The highest BCUT2D eigenvalue weighted by atomic mass is 19.1. The van der Waals surface area contributed by atoms with Gasteiger partial charge in [0, 0.05) is 18.5 Å². The van der Waals surface area contributed by atoms with Crippen molar-refractivity contribution in [1.82, 2.24) is 5.32 Å². The Morgan fingerprint density at radius 3 is 2.61 bits per heavy atom. The standard InChI is InChI=1S/C14H22FNO2/c1-10-6-11(4-5-13(10)15)14(2,3)9-16-7-12(18)8-17/h4-6,12,16-18H,7-9H2,1-3H3. The van der Waals surface area contributed by atoms with Crippen LogP contribution in [0.5, 0.6) is 0 Å². The molecule has 1 rings (SSSR count). The van der Waals surface area contributed by atoms with Crippen LogP contribution >= 0.6 is 0 Å². The highest BCUT2D eigenvalue weighted by Crippen LogP contribution is 2.24. The van der Waals surface area contributed by atoms with E-state index in [1.54, 1.807) is 13.0 Å². The van der Waals surface area contributed by atoms with E-state index >= 15 is 0 Å². The van der Waals surface area contributed by atoms with Gasteiger partial charge in [-0.15, -0.1) is 0 Å². The van der Waals surface area contributed by atoms with Gasteiger partial charge in [0.05, 0.1) is 12.7 Å². The van der Waals surface area contributed by atoms with Gasteiger partial charge in [0.1, 0.15) is 5.82 Å². The molecule has 102 valence electrons. The lowest BCUT2D eigenvalue weighted by Crippen LogP contribution is -2.38. The third-order valence-corrected chi connectivity index (χ3v) is 3.10. The minimum Gasteiger partial charge on any atom is -0.394 e. The van der Waals surface area contributed by atoms with Crippen LogP contribution in [-0.4, -0.2) is 36.0 Å². The van der Waals surface area contributed by atoms with Crippen LogP contribution < -0.4 is 5.32 Å². The first kappa shape index (κ1) is 15.1. The summed E-state index contributed by atoms with van der Waals surface area (Å²) in [5.74, 6) is -0.196. The molecule has 1 aromatic rings. The van der Waals surface area contributed by atoms with E-state index in [1.165, 1.54) is 6.07 Å². The largest absolute Gasteiger partial charge is 0.394 e. The molecule has 0 heterocycles. The maximum absolute atomic E-state index is 13.2. The molecule has 0 saturated carbocycles. The van der Waals surface area contributed by atoms with E-state index < -0.39 is 6.10 Å². The van der Waals surface area contributed by atoms with Crippen molar-refractivity contribution in [2.75, 3.05) is 19.7 Å². The molecule has 1 aromatic carbocycles. The minimum absolute atomic E-state index is 0.159. The zero-order valence-electron chi connectivity index (χ0n) is 11.2. The van der Waals surface area contributed by atoms with Gasteiger partial charge in [-0.3, -0.25) is 0 Å². The number of nitrogens with one attached hydrogen (secondary N) is 1. The number of rotatable bonds is 6. The Kier molecular flexibility index (Phi) is 5.26. The summed E-state index contributed by atoms with van der Waals surface area (Å²) in [7, 11) is 0. The van der Waals surface area contributed by atoms with Crippen molar-refractivity contribution in [3.8, 4) is 0 Å². The first-order valence-corrected chi connectivity index (χ1v) is 6.13. The first-order chi connectivity index (χ1) is 8.36. The fourth-order valence-corrected chi connectivity index (χ4v) is 1.78. The molecule has 0 spiro atoms. The number of halogens is 1. The van der Waals surface area contributed by atoms with Crippen LogP contribution in [0.4, 0.5) is 4.39 Å². The van der Waals surface area contributed by atoms with Crippen LogP contribution in [0.3, 0.4) is 0 Å². The molecular formula is C14H22FNO2. The van der Waals surface area contributed by atoms with Gasteiger partial charge >= 0.3 is 0 Å². The number of aryl methyl sites for hydroxylation is 1. The second-order valence-corrected chi connectivity index (χ2v) is 5.32. The lowest BCUT2D eigenvalue weighted by molar-refractivity contribution is 0.0934. The summed E-state index contributed by atoms with van der Waals surface area (Å²) in [6.45, 7) is 6.60. The third-order valence-electron chi connectivity index (χ3n) is 3.10. The van der Waals surface area contributed by atoms with Crippen LogP contribution in [0.2, 0.25) is 0 Å². The Labute approximate surface area is 108 Å². The number of hydrogen-bond acceptors (Lipinski definition) is 3. The van der Waals surface area contributed by atoms with Crippen LogP contribution in [0.25, 0.3) is 0 Å². The Morgan fingerprint density at radius 1 is 1.39 bits per heavy atom. The molecule has 18 heavy (non-hydrogen) atoms. The van der Waals surface area contributed by atoms with Crippen molar-refractivity contribution in [2.24, 2.45) is 0 Å². The average molecular weight is 255 g/mol. The predicted octanol–water partition coefficient (Wildman–Crippen LogP) is 1.35. The molecule has 0 amide bonds. The molecular weight excluding hydrogens is 233 g/mol. The van der Waals surface area contributed by atoms with Gasteiger partial charge in [0.15, 0.2) is 0 Å². The van der Waals surface area contributed by atoms with Gasteiger partial charge in [-0.1, -0.05) is 26.0 Å². The fourth-order valence-electron chi connectivity index (χ4n) is 1.78. The van der Waals surface area contributed by atoms with E-state index in [0.29, 0.717) is 18.7 Å². The van der Waals surface area contributed by atoms with Crippen LogP contribution in [0, 0.1) is 12.7 Å². The molecule has 3 N–H and O–H groups in total. The van der Waals surface area contributed by atoms with Crippen molar-refractivity contribution in [1.29, 1.82) is 0 Å². The van der Waals surface area contributed by atoms with Gasteiger partial charge in [-0.05, 0) is 24.1 Å². The first-order valence-electron chi connectivity index (χ1n) is 6.13. The molecule has 0 radical (unpaired) electrons. The lowest BCUT2D eigenvalue weighted by atomic mass is 9.84. The van der Waals surface area contributed by atoms with E-state index in [2.05, 4.69) is 19.2 Å². The van der Waals surface area contributed by atoms with E-state index in [0.717, 1.165) is 5.56 Å². The summed E-state index contributed by atoms with van der Waals surface area (Å²) in [6, 6.07) is 5.11. The summed E-state index contributed by atoms with van der Waals surface area (Å²) in [4.78, 5) is 0. The molecule has 4 heteroatoms. The topological polar surface area (TPSA) is 52.5 Å².